The summed E-state index contributed by atoms with van der Waals surface area (Å²) in [7, 11) is 0. The number of piperidine rings is 1. The standard InChI is InChI=1S/C21H28F2N6O4/c1-11-13-6-5-12(29(13)20(30)33-21(2,3)4)7-14(11)31-18-10-24-9-16(26-18)25-15-8-17(28-27-15)32-19(22)23/h8-14,19H,5-7H2,1-4H3,(H2,25,26,27,28)/t11-,12+,13-,14+/m0/s1. The van der Waals surface area contributed by atoms with E-state index in [0.29, 0.717) is 18.1 Å². The van der Waals surface area contributed by atoms with Crippen LogP contribution in [0.1, 0.15) is 47.0 Å². The second-order valence-corrected chi connectivity index (χ2v) is 9.30. The van der Waals surface area contributed by atoms with Gasteiger partial charge in [0.25, 0.3) is 0 Å². The van der Waals surface area contributed by atoms with E-state index >= 15 is 0 Å². The minimum absolute atomic E-state index is 0.0372. The summed E-state index contributed by atoms with van der Waals surface area (Å²) in [5.74, 6) is 0.809. The summed E-state index contributed by atoms with van der Waals surface area (Å²) >= 11 is 0. The molecule has 0 unspecified atom stereocenters. The van der Waals surface area contributed by atoms with Crippen molar-refractivity contribution in [1.82, 2.24) is 25.1 Å². The normalized spacial score (nSPS) is 24.6. The fourth-order valence-corrected chi connectivity index (χ4v) is 4.42. The maximum absolute atomic E-state index is 12.7. The fourth-order valence-electron chi connectivity index (χ4n) is 4.42. The summed E-state index contributed by atoms with van der Waals surface area (Å²) in [6.45, 7) is 4.70. The lowest BCUT2D eigenvalue weighted by molar-refractivity contribution is -0.0529. The first-order valence-electron chi connectivity index (χ1n) is 10.9. The average Bonchev–Trinajstić information content (AvgIpc) is 3.28. The summed E-state index contributed by atoms with van der Waals surface area (Å²) < 4.78 is 40.7. The van der Waals surface area contributed by atoms with E-state index in [4.69, 9.17) is 9.47 Å². The molecule has 0 aliphatic carbocycles. The summed E-state index contributed by atoms with van der Waals surface area (Å²) in [6, 6.07) is 1.38. The van der Waals surface area contributed by atoms with Gasteiger partial charge < -0.3 is 24.4 Å². The molecule has 33 heavy (non-hydrogen) atoms. The number of ether oxygens (including phenoxy) is 3. The molecule has 4 rings (SSSR count). The molecular formula is C21H28F2N6O4. The van der Waals surface area contributed by atoms with Gasteiger partial charge in [-0.1, -0.05) is 6.92 Å². The number of aromatic amines is 1. The predicted molar refractivity (Wildman–Crippen MR) is 114 cm³/mol. The third kappa shape index (κ3) is 5.42. The largest absolute Gasteiger partial charge is 0.473 e. The molecule has 4 atom stereocenters. The molecule has 2 N–H and O–H groups in total. The molecule has 2 aliphatic rings. The van der Waals surface area contributed by atoms with Gasteiger partial charge in [-0.05, 0) is 33.6 Å². The Balaban J connectivity index is 1.40. The molecule has 2 saturated heterocycles. The first-order valence-corrected chi connectivity index (χ1v) is 10.9. The second kappa shape index (κ2) is 8.99. The van der Waals surface area contributed by atoms with Gasteiger partial charge in [0.15, 0.2) is 11.6 Å². The zero-order chi connectivity index (χ0) is 23.8. The molecule has 0 saturated carbocycles. The summed E-state index contributed by atoms with van der Waals surface area (Å²) in [4.78, 5) is 23.1. The van der Waals surface area contributed by atoms with E-state index in [-0.39, 0.29) is 41.9 Å². The molecule has 4 heterocycles. The second-order valence-electron chi connectivity index (χ2n) is 9.30. The van der Waals surface area contributed by atoms with Crippen molar-refractivity contribution >= 4 is 17.7 Å². The summed E-state index contributed by atoms with van der Waals surface area (Å²) in [5, 5.41) is 9.07. The van der Waals surface area contributed by atoms with Crippen molar-refractivity contribution in [3.63, 3.8) is 0 Å². The van der Waals surface area contributed by atoms with E-state index in [2.05, 4.69) is 37.1 Å². The van der Waals surface area contributed by atoms with Crippen LogP contribution in [0.2, 0.25) is 0 Å². The lowest BCUT2D eigenvalue weighted by Crippen LogP contribution is -2.55. The lowest BCUT2D eigenvalue weighted by atomic mass is 9.89. The van der Waals surface area contributed by atoms with Crippen molar-refractivity contribution in [2.75, 3.05) is 5.32 Å². The van der Waals surface area contributed by atoms with Crippen molar-refractivity contribution in [2.24, 2.45) is 5.92 Å². The Morgan fingerprint density at radius 1 is 1.27 bits per heavy atom. The van der Waals surface area contributed by atoms with Crippen molar-refractivity contribution in [1.29, 1.82) is 0 Å². The number of rotatable bonds is 6. The zero-order valence-electron chi connectivity index (χ0n) is 18.9. The number of halogens is 2. The number of alkyl halides is 2. The minimum Gasteiger partial charge on any atom is -0.473 e. The number of aromatic nitrogens is 4. The Morgan fingerprint density at radius 2 is 2.06 bits per heavy atom. The molecular weight excluding hydrogens is 438 g/mol. The topological polar surface area (TPSA) is 114 Å². The van der Waals surface area contributed by atoms with Crippen LogP contribution in [0.15, 0.2) is 18.5 Å². The maximum atomic E-state index is 12.7. The molecule has 2 fully saturated rings. The van der Waals surface area contributed by atoms with Crippen LogP contribution in [0.3, 0.4) is 0 Å². The highest BCUT2D eigenvalue weighted by Crippen LogP contribution is 2.41. The van der Waals surface area contributed by atoms with Crippen LogP contribution in [0.4, 0.5) is 25.2 Å². The van der Waals surface area contributed by atoms with E-state index in [1.54, 1.807) is 0 Å². The minimum atomic E-state index is -2.95. The van der Waals surface area contributed by atoms with Crippen molar-refractivity contribution < 1.29 is 27.8 Å². The third-order valence-corrected chi connectivity index (χ3v) is 5.76. The van der Waals surface area contributed by atoms with Crippen molar-refractivity contribution in [3.05, 3.63) is 18.5 Å². The summed E-state index contributed by atoms with van der Waals surface area (Å²) in [5.41, 5.74) is -0.545. The highest BCUT2D eigenvalue weighted by atomic mass is 19.3. The van der Waals surface area contributed by atoms with E-state index in [1.165, 1.54) is 18.5 Å². The first kappa shape index (κ1) is 23.0. The van der Waals surface area contributed by atoms with E-state index in [0.717, 1.165) is 12.8 Å². The molecule has 2 bridgehead atoms. The highest BCUT2D eigenvalue weighted by molar-refractivity contribution is 5.69. The Hall–Kier alpha value is -3.18. The lowest BCUT2D eigenvalue weighted by Gasteiger charge is -2.43. The number of carbonyl (C=O) groups excluding carboxylic acids is 1. The number of fused-ring (bicyclic) bond motifs is 2. The van der Waals surface area contributed by atoms with Gasteiger partial charge in [0.05, 0.1) is 12.4 Å². The molecule has 2 aromatic rings. The van der Waals surface area contributed by atoms with Gasteiger partial charge in [0.1, 0.15) is 11.7 Å². The molecule has 0 spiro atoms. The number of carbonyl (C=O) groups is 1. The SMILES string of the molecule is C[C@@H]1[C@H](Oc2cncc(Nc3cc(OC(F)F)[nH]n3)n2)C[C@H]2CC[C@@H]1N2C(=O)OC(C)(C)C. The molecule has 180 valence electrons. The molecule has 12 heteroatoms. The number of nitrogens with zero attached hydrogens (tertiary/aromatic N) is 4. The van der Waals surface area contributed by atoms with Gasteiger partial charge >= 0.3 is 12.7 Å². The molecule has 10 nitrogen and oxygen atoms in total. The number of H-pyrrole nitrogens is 1. The third-order valence-electron chi connectivity index (χ3n) is 5.76. The van der Waals surface area contributed by atoms with Gasteiger partial charge in [-0.2, -0.15) is 18.9 Å². The van der Waals surface area contributed by atoms with Crippen LogP contribution in [0.5, 0.6) is 11.8 Å². The maximum Gasteiger partial charge on any atom is 0.410 e. The van der Waals surface area contributed by atoms with Crippen LogP contribution < -0.4 is 14.8 Å². The Kier molecular flexibility index (Phi) is 6.26. The van der Waals surface area contributed by atoms with Crippen molar-refractivity contribution in [3.8, 4) is 11.8 Å². The predicted octanol–water partition coefficient (Wildman–Crippen LogP) is 4.10. The first-order chi connectivity index (χ1) is 15.6. The molecule has 2 aliphatic heterocycles. The molecule has 1 amide bonds. The van der Waals surface area contributed by atoms with E-state index in [9.17, 15) is 13.6 Å². The monoisotopic (exact) mass is 466 g/mol. The molecule has 0 radical (unpaired) electrons. The number of anilines is 2. The van der Waals surface area contributed by atoms with E-state index < -0.39 is 12.2 Å². The number of hydrogen-bond acceptors (Lipinski definition) is 8. The van der Waals surface area contributed by atoms with Gasteiger partial charge in [-0.25, -0.2) is 9.89 Å². The van der Waals surface area contributed by atoms with Gasteiger partial charge in [-0.3, -0.25) is 4.98 Å². The summed E-state index contributed by atoms with van der Waals surface area (Å²) in [6.07, 6.45) is 5.04. The molecule has 2 aromatic heterocycles. The number of amides is 1. The van der Waals surface area contributed by atoms with Crippen LogP contribution in [-0.2, 0) is 4.74 Å². The van der Waals surface area contributed by atoms with Gasteiger partial charge in [0, 0.05) is 30.5 Å². The van der Waals surface area contributed by atoms with Gasteiger partial charge in [0.2, 0.25) is 11.8 Å². The fraction of sp³-hybridized carbons (Fsp3) is 0.619. The van der Waals surface area contributed by atoms with E-state index in [1.807, 2.05) is 25.7 Å². The Labute approximate surface area is 190 Å². The van der Waals surface area contributed by atoms with Crippen molar-refractivity contribution in [2.45, 2.75) is 77.4 Å². The Bertz CT molecular complexity index is 982. The van der Waals surface area contributed by atoms with Crippen LogP contribution >= 0.6 is 0 Å². The van der Waals surface area contributed by atoms with Crippen LogP contribution in [0.25, 0.3) is 0 Å². The smallest absolute Gasteiger partial charge is 0.410 e. The van der Waals surface area contributed by atoms with Crippen LogP contribution in [-0.4, -0.2) is 61.6 Å². The highest BCUT2D eigenvalue weighted by Gasteiger charge is 2.49. The number of nitrogens with one attached hydrogen (secondary N) is 2. The Morgan fingerprint density at radius 3 is 2.79 bits per heavy atom. The van der Waals surface area contributed by atoms with Gasteiger partial charge in [-0.15, -0.1) is 0 Å². The number of hydrogen-bond donors (Lipinski definition) is 2. The molecule has 0 aromatic carbocycles. The van der Waals surface area contributed by atoms with Crippen LogP contribution in [0, 0.1) is 5.92 Å². The zero-order valence-corrected chi connectivity index (χ0v) is 18.9. The average molecular weight is 466 g/mol. The quantitative estimate of drug-likeness (QED) is 0.654.